The molecule has 2 heterocycles. The molecule has 0 aromatic carbocycles. The van der Waals surface area contributed by atoms with E-state index in [1.54, 1.807) is 12.4 Å². The molecule has 0 bridgehead atoms. The molecule has 0 saturated carbocycles. The van der Waals surface area contributed by atoms with E-state index in [2.05, 4.69) is 20.8 Å². The largest absolute Gasteiger partial charge is 0.387 e. The number of anilines is 2. The van der Waals surface area contributed by atoms with Crippen LogP contribution in [0, 0.1) is 6.92 Å². The molecule has 0 aliphatic heterocycles. The summed E-state index contributed by atoms with van der Waals surface area (Å²) < 4.78 is 5.09. The fourth-order valence-corrected chi connectivity index (χ4v) is 1.36. The summed E-state index contributed by atoms with van der Waals surface area (Å²) in [6, 6.07) is 3.89. The van der Waals surface area contributed by atoms with Crippen LogP contribution in [0.5, 0.6) is 0 Å². The van der Waals surface area contributed by atoms with Gasteiger partial charge in [-0.1, -0.05) is 5.16 Å². The van der Waals surface area contributed by atoms with Gasteiger partial charge in [-0.15, -0.1) is 0 Å². The summed E-state index contributed by atoms with van der Waals surface area (Å²) in [6.45, 7) is 2.51. The maximum atomic E-state index is 5.09. The molecule has 0 atom stereocenters. The number of hydrogen-bond acceptors (Lipinski definition) is 5. The number of pyridine rings is 1. The van der Waals surface area contributed by atoms with Gasteiger partial charge in [0, 0.05) is 13.1 Å². The summed E-state index contributed by atoms with van der Waals surface area (Å²) >= 11 is 0. The van der Waals surface area contributed by atoms with E-state index in [0.717, 1.165) is 22.8 Å². The van der Waals surface area contributed by atoms with Crippen molar-refractivity contribution in [3.8, 4) is 0 Å². The highest BCUT2D eigenvalue weighted by molar-refractivity contribution is 5.53. The lowest BCUT2D eigenvalue weighted by Crippen LogP contribution is -1.99. The van der Waals surface area contributed by atoms with Crippen LogP contribution in [0.25, 0.3) is 0 Å². The number of aromatic nitrogens is 2. The van der Waals surface area contributed by atoms with Crippen molar-refractivity contribution in [3.63, 3.8) is 0 Å². The zero-order chi connectivity index (χ0) is 11.4. The normalized spacial score (nSPS) is 10.1. The van der Waals surface area contributed by atoms with Crippen molar-refractivity contribution in [1.82, 2.24) is 10.1 Å². The van der Waals surface area contributed by atoms with Crippen LogP contribution in [0.15, 0.2) is 29.0 Å². The minimum absolute atomic E-state index is 0.607. The van der Waals surface area contributed by atoms with Crippen molar-refractivity contribution < 1.29 is 4.52 Å². The molecule has 2 aromatic rings. The van der Waals surface area contributed by atoms with Crippen molar-refractivity contribution in [2.24, 2.45) is 0 Å². The Hall–Kier alpha value is -2.04. The molecular weight excluding hydrogens is 204 g/mol. The second-order valence-corrected chi connectivity index (χ2v) is 3.50. The highest BCUT2D eigenvalue weighted by Gasteiger charge is 2.00. The van der Waals surface area contributed by atoms with Crippen molar-refractivity contribution in [1.29, 1.82) is 0 Å². The molecule has 0 aliphatic carbocycles. The van der Waals surface area contributed by atoms with E-state index >= 15 is 0 Å². The number of rotatable bonds is 4. The number of nitrogens with one attached hydrogen (secondary N) is 2. The van der Waals surface area contributed by atoms with Crippen LogP contribution in [0.3, 0.4) is 0 Å². The Morgan fingerprint density at radius 3 is 2.75 bits per heavy atom. The molecule has 2 N–H and O–H groups in total. The lowest BCUT2D eigenvalue weighted by atomic mass is 10.3. The van der Waals surface area contributed by atoms with Crippen LogP contribution >= 0.6 is 0 Å². The molecule has 0 unspecified atom stereocenters. The lowest BCUT2D eigenvalue weighted by molar-refractivity contribution is 0.384. The van der Waals surface area contributed by atoms with Crippen LogP contribution < -0.4 is 10.6 Å². The molecule has 0 fully saturated rings. The molecule has 16 heavy (non-hydrogen) atoms. The van der Waals surface area contributed by atoms with E-state index in [-0.39, 0.29) is 0 Å². The average molecular weight is 218 g/mol. The van der Waals surface area contributed by atoms with Crippen LogP contribution in [-0.4, -0.2) is 17.2 Å². The van der Waals surface area contributed by atoms with Crippen LogP contribution in [0.4, 0.5) is 11.4 Å². The first-order chi connectivity index (χ1) is 7.78. The molecule has 0 radical (unpaired) electrons. The van der Waals surface area contributed by atoms with Gasteiger partial charge in [-0.3, -0.25) is 4.98 Å². The molecule has 0 aliphatic rings. The Labute approximate surface area is 93.9 Å². The molecule has 84 valence electrons. The van der Waals surface area contributed by atoms with Gasteiger partial charge in [0.25, 0.3) is 0 Å². The Morgan fingerprint density at radius 2 is 2.06 bits per heavy atom. The van der Waals surface area contributed by atoms with Crippen LogP contribution in [0.2, 0.25) is 0 Å². The van der Waals surface area contributed by atoms with Gasteiger partial charge in [0.15, 0.2) is 5.76 Å². The number of hydrogen-bond donors (Lipinski definition) is 2. The van der Waals surface area contributed by atoms with Gasteiger partial charge in [0.2, 0.25) is 0 Å². The van der Waals surface area contributed by atoms with Crippen molar-refractivity contribution in [3.05, 3.63) is 36.0 Å². The van der Waals surface area contributed by atoms with E-state index in [0.29, 0.717) is 6.54 Å². The molecular formula is C11H14N4O. The monoisotopic (exact) mass is 218 g/mol. The fraction of sp³-hybridized carbons (Fsp3) is 0.273. The summed E-state index contributed by atoms with van der Waals surface area (Å²) in [5, 5.41) is 10.1. The van der Waals surface area contributed by atoms with E-state index in [1.807, 2.05) is 26.1 Å². The minimum atomic E-state index is 0.607. The zero-order valence-electron chi connectivity index (χ0n) is 9.32. The molecule has 0 spiro atoms. The summed E-state index contributed by atoms with van der Waals surface area (Å²) in [6.07, 6.45) is 3.54. The van der Waals surface area contributed by atoms with Gasteiger partial charge in [0.1, 0.15) is 0 Å². The quantitative estimate of drug-likeness (QED) is 0.822. The van der Waals surface area contributed by atoms with Gasteiger partial charge >= 0.3 is 0 Å². The molecule has 2 rings (SSSR count). The summed E-state index contributed by atoms with van der Waals surface area (Å²) in [4.78, 5) is 4.10. The Bertz CT molecular complexity index is 467. The average Bonchev–Trinajstić information content (AvgIpc) is 2.73. The van der Waals surface area contributed by atoms with E-state index in [9.17, 15) is 0 Å². The SMILES string of the molecule is CNc1cncc(NCc2cc(C)no2)c1. The predicted octanol–water partition coefficient (Wildman–Crippen LogP) is 2.03. The first-order valence-electron chi connectivity index (χ1n) is 5.07. The van der Waals surface area contributed by atoms with Gasteiger partial charge < -0.3 is 15.2 Å². The molecule has 0 amide bonds. The number of aryl methyl sites for hydroxylation is 1. The molecule has 5 heteroatoms. The minimum Gasteiger partial charge on any atom is -0.387 e. The molecule has 0 saturated heterocycles. The second kappa shape index (κ2) is 4.65. The predicted molar refractivity (Wildman–Crippen MR) is 62.4 cm³/mol. The molecule has 2 aromatic heterocycles. The Morgan fingerprint density at radius 1 is 1.25 bits per heavy atom. The lowest BCUT2D eigenvalue weighted by Gasteiger charge is -2.05. The third-order valence-electron chi connectivity index (χ3n) is 2.17. The van der Waals surface area contributed by atoms with Gasteiger partial charge in [-0.05, 0) is 13.0 Å². The van der Waals surface area contributed by atoms with Gasteiger partial charge in [-0.2, -0.15) is 0 Å². The first kappa shape index (κ1) is 10.5. The van der Waals surface area contributed by atoms with Crippen LogP contribution in [0.1, 0.15) is 11.5 Å². The second-order valence-electron chi connectivity index (χ2n) is 3.50. The van der Waals surface area contributed by atoms with Gasteiger partial charge in [-0.25, -0.2) is 0 Å². The molecule has 5 nitrogen and oxygen atoms in total. The van der Waals surface area contributed by atoms with Gasteiger partial charge in [0.05, 0.1) is 36.0 Å². The summed E-state index contributed by atoms with van der Waals surface area (Å²) in [5.74, 6) is 0.812. The van der Waals surface area contributed by atoms with Crippen molar-refractivity contribution in [2.75, 3.05) is 17.7 Å². The maximum absolute atomic E-state index is 5.09. The maximum Gasteiger partial charge on any atom is 0.156 e. The van der Waals surface area contributed by atoms with E-state index in [1.165, 1.54) is 0 Å². The van der Waals surface area contributed by atoms with Crippen LogP contribution in [-0.2, 0) is 6.54 Å². The van der Waals surface area contributed by atoms with E-state index < -0.39 is 0 Å². The van der Waals surface area contributed by atoms with E-state index in [4.69, 9.17) is 4.52 Å². The summed E-state index contributed by atoms with van der Waals surface area (Å²) in [5.41, 5.74) is 2.80. The highest BCUT2D eigenvalue weighted by Crippen LogP contribution is 2.13. The Kier molecular flexibility index (Phi) is 3.05. The smallest absolute Gasteiger partial charge is 0.156 e. The fourth-order valence-electron chi connectivity index (χ4n) is 1.36. The standard InChI is InChI=1S/C11H14N4O/c1-8-3-11(16-15-8)7-14-10-4-9(12-2)5-13-6-10/h3-6,12,14H,7H2,1-2H3. The topological polar surface area (TPSA) is 63.0 Å². The number of nitrogens with zero attached hydrogens (tertiary/aromatic N) is 2. The third kappa shape index (κ3) is 2.50. The zero-order valence-corrected chi connectivity index (χ0v) is 9.32. The Balaban J connectivity index is 1.99. The van der Waals surface area contributed by atoms with Crippen molar-refractivity contribution in [2.45, 2.75) is 13.5 Å². The summed E-state index contributed by atoms with van der Waals surface area (Å²) in [7, 11) is 1.86. The first-order valence-corrected chi connectivity index (χ1v) is 5.07. The third-order valence-corrected chi connectivity index (χ3v) is 2.17. The van der Waals surface area contributed by atoms with Crippen molar-refractivity contribution >= 4 is 11.4 Å². The highest BCUT2D eigenvalue weighted by atomic mass is 16.5.